The molecule has 0 fully saturated rings. The van der Waals surface area contributed by atoms with E-state index in [1.54, 1.807) is 24.3 Å². The summed E-state index contributed by atoms with van der Waals surface area (Å²) in [6.07, 6.45) is 0.708. The summed E-state index contributed by atoms with van der Waals surface area (Å²) in [5.41, 5.74) is 2.05. The van der Waals surface area contributed by atoms with E-state index in [2.05, 4.69) is 10.0 Å². The maximum absolute atomic E-state index is 12.4. The van der Waals surface area contributed by atoms with Gasteiger partial charge >= 0.3 is 0 Å². The average molecular weight is 375 g/mol. The average Bonchev–Trinajstić information content (AvgIpc) is 2.61. The summed E-state index contributed by atoms with van der Waals surface area (Å²) in [5, 5.41) is 2.77. The van der Waals surface area contributed by atoms with Gasteiger partial charge in [0.05, 0.1) is 4.90 Å². The lowest BCUT2D eigenvalue weighted by Gasteiger charge is -2.11. The van der Waals surface area contributed by atoms with E-state index in [-0.39, 0.29) is 10.8 Å². The molecule has 0 aliphatic rings. The zero-order valence-electron chi connectivity index (χ0n) is 15.3. The van der Waals surface area contributed by atoms with Crippen LogP contribution in [0.1, 0.15) is 22.3 Å². The Bertz CT molecular complexity index is 847. The highest BCUT2D eigenvalue weighted by atomic mass is 32.2. The molecule has 0 aliphatic carbocycles. The van der Waals surface area contributed by atoms with Gasteiger partial charge in [-0.1, -0.05) is 23.8 Å². The number of carbonyl (C=O) groups is 1. The summed E-state index contributed by atoms with van der Waals surface area (Å²) in [5.74, 6) is -0.349. The molecule has 1 amide bonds. The van der Waals surface area contributed by atoms with Crippen LogP contribution in [0.2, 0.25) is 0 Å². The molecule has 0 atom stereocenters. The number of carbonyl (C=O) groups excluding carboxylic acids is 1. The van der Waals surface area contributed by atoms with Gasteiger partial charge in [0.15, 0.2) is 0 Å². The van der Waals surface area contributed by atoms with Gasteiger partial charge in [-0.25, -0.2) is 13.1 Å². The lowest BCUT2D eigenvalue weighted by atomic mass is 10.2. The van der Waals surface area contributed by atoms with Crippen LogP contribution in [0.3, 0.4) is 0 Å². The van der Waals surface area contributed by atoms with Crippen molar-refractivity contribution in [2.45, 2.75) is 18.2 Å². The Balaban J connectivity index is 2.06. The van der Waals surface area contributed by atoms with E-state index in [1.165, 1.54) is 12.1 Å². The summed E-state index contributed by atoms with van der Waals surface area (Å²) in [4.78, 5) is 14.5. The van der Waals surface area contributed by atoms with Crippen LogP contribution in [0.15, 0.2) is 53.4 Å². The zero-order chi connectivity index (χ0) is 19.2. The normalized spacial score (nSPS) is 11.5. The van der Waals surface area contributed by atoms with Gasteiger partial charge in [0.2, 0.25) is 10.0 Å². The molecule has 0 bridgehead atoms. The first-order valence-corrected chi connectivity index (χ1v) is 9.89. The Morgan fingerprint density at radius 1 is 1.08 bits per heavy atom. The fourth-order valence-corrected chi connectivity index (χ4v) is 3.45. The van der Waals surface area contributed by atoms with Crippen LogP contribution in [-0.4, -0.2) is 46.4 Å². The Labute approximate surface area is 155 Å². The number of nitrogens with one attached hydrogen (secondary N) is 2. The minimum absolute atomic E-state index is 0.0823. The largest absolute Gasteiger partial charge is 0.322 e. The molecular weight excluding hydrogens is 350 g/mol. The Kier molecular flexibility index (Phi) is 6.90. The molecule has 0 spiro atoms. The van der Waals surface area contributed by atoms with Gasteiger partial charge < -0.3 is 10.2 Å². The Hall–Kier alpha value is -2.22. The molecule has 0 radical (unpaired) electrons. The summed E-state index contributed by atoms with van der Waals surface area (Å²) in [6.45, 7) is 3.10. The second kappa shape index (κ2) is 8.93. The van der Waals surface area contributed by atoms with Gasteiger partial charge in [-0.3, -0.25) is 4.79 Å². The lowest BCUT2D eigenvalue weighted by Crippen LogP contribution is -2.27. The van der Waals surface area contributed by atoms with E-state index < -0.39 is 10.0 Å². The molecule has 6 nitrogen and oxygen atoms in total. The van der Waals surface area contributed by atoms with Crippen molar-refractivity contribution >= 4 is 21.6 Å². The van der Waals surface area contributed by atoms with Gasteiger partial charge in [0.25, 0.3) is 5.91 Å². The maximum atomic E-state index is 12.4. The van der Waals surface area contributed by atoms with Gasteiger partial charge in [0.1, 0.15) is 0 Å². The van der Waals surface area contributed by atoms with Crippen LogP contribution in [0.5, 0.6) is 0 Å². The number of aryl methyl sites for hydroxylation is 1. The van der Waals surface area contributed by atoms with Crippen molar-refractivity contribution in [2.75, 3.05) is 32.5 Å². The third-order valence-corrected chi connectivity index (χ3v) is 5.25. The van der Waals surface area contributed by atoms with Crippen LogP contribution < -0.4 is 10.0 Å². The number of anilines is 1. The van der Waals surface area contributed by atoms with Crippen molar-refractivity contribution in [3.8, 4) is 0 Å². The summed E-state index contributed by atoms with van der Waals surface area (Å²) < 4.78 is 27.3. The molecule has 26 heavy (non-hydrogen) atoms. The highest BCUT2D eigenvalue weighted by Crippen LogP contribution is 2.14. The molecule has 2 aromatic carbocycles. The highest BCUT2D eigenvalue weighted by Gasteiger charge is 2.16. The van der Waals surface area contributed by atoms with Crippen molar-refractivity contribution in [1.82, 2.24) is 9.62 Å². The van der Waals surface area contributed by atoms with Crippen molar-refractivity contribution in [1.29, 1.82) is 0 Å². The molecule has 7 heteroatoms. The van der Waals surface area contributed by atoms with Crippen LogP contribution in [0, 0.1) is 6.92 Å². The van der Waals surface area contributed by atoms with Crippen molar-refractivity contribution < 1.29 is 13.2 Å². The van der Waals surface area contributed by atoms with E-state index in [0.29, 0.717) is 24.2 Å². The van der Waals surface area contributed by atoms with Crippen molar-refractivity contribution in [3.63, 3.8) is 0 Å². The molecule has 0 saturated carbocycles. The third-order valence-electron chi connectivity index (χ3n) is 3.79. The van der Waals surface area contributed by atoms with Crippen LogP contribution >= 0.6 is 0 Å². The quantitative estimate of drug-likeness (QED) is 0.695. The highest BCUT2D eigenvalue weighted by molar-refractivity contribution is 7.89. The molecule has 0 aromatic heterocycles. The molecule has 0 unspecified atom stereocenters. The molecule has 2 rings (SSSR count). The number of rotatable bonds is 8. The topological polar surface area (TPSA) is 78.5 Å². The Morgan fingerprint density at radius 2 is 1.77 bits per heavy atom. The van der Waals surface area contributed by atoms with Crippen LogP contribution in [-0.2, 0) is 10.0 Å². The third kappa shape index (κ3) is 5.94. The second-order valence-corrected chi connectivity index (χ2v) is 8.17. The molecule has 2 aromatic rings. The number of hydrogen-bond acceptors (Lipinski definition) is 4. The molecular formula is C19H25N3O3S. The van der Waals surface area contributed by atoms with Crippen molar-refractivity contribution in [2.24, 2.45) is 0 Å². The standard InChI is InChI=1S/C19H25N3O3S/c1-15-8-10-17(11-9-15)21-19(23)16-6-4-7-18(14-16)26(24,25)20-12-5-13-22(2)3/h4,6-11,14,20H,5,12-13H2,1-3H3,(H,21,23). The van der Waals surface area contributed by atoms with E-state index in [1.807, 2.05) is 38.1 Å². The van der Waals surface area contributed by atoms with Crippen LogP contribution in [0.25, 0.3) is 0 Å². The number of benzene rings is 2. The first kappa shape index (κ1) is 20.1. The van der Waals surface area contributed by atoms with Gasteiger partial charge in [0, 0.05) is 17.8 Å². The molecule has 0 saturated heterocycles. The lowest BCUT2D eigenvalue weighted by molar-refractivity contribution is 0.102. The van der Waals surface area contributed by atoms with Crippen molar-refractivity contribution in [3.05, 3.63) is 59.7 Å². The summed E-state index contributed by atoms with van der Waals surface area (Å²) in [7, 11) is 0.229. The number of hydrogen-bond donors (Lipinski definition) is 2. The molecule has 0 heterocycles. The van der Waals surface area contributed by atoms with E-state index in [0.717, 1.165) is 12.1 Å². The molecule has 0 aliphatic heterocycles. The number of nitrogens with zero attached hydrogens (tertiary/aromatic N) is 1. The van der Waals surface area contributed by atoms with E-state index >= 15 is 0 Å². The maximum Gasteiger partial charge on any atom is 0.255 e. The first-order valence-electron chi connectivity index (χ1n) is 8.40. The predicted molar refractivity (Wildman–Crippen MR) is 104 cm³/mol. The van der Waals surface area contributed by atoms with E-state index in [9.17, 15) is 13.2 Å². The fraction of sp³-hybridized carbons (Fsp3) is 0.316. The predicted octanol–water partition coefficient (Wildman–Crippen LogP) is 2.48. The summed E-state index contributed by atoms with van der Waals surface area (Å²) >= 11 is 0. The number of amides is 1. The SMILES string of the molecule is Cc1ccc(NC(=O)c2cccc(S(=O)(=O)NCCCN(C)C)c2)cc1. The van der Waals surface area contributed by atoms with Gasteiger partial charge in [-0.05, 0) is 64.3 Å². The Morgan fingerprint density at radius 3 is 2.42 bits per heavy atom. The minimum atomic E-state index is -3.64. The first-order chi connectivity index (χ1) is 12.3. The minimum Gasteiger partial charge on any atom is -0.322 e. The van der Waals surface area contributed by atoms with Crippen LogP contribution in [0.4, 0.5) is 5.69 Å². The van der Waals surface area contributed by atoms with Gasteiger partial charge in [-0.15, -0.1) is 0 Å². The fourth-order valence-electron chi connectivity index (χ4n) is 2.33. The zero-order valence-corrected chi connectivity index (χ0v) is 16.1. The monoisotopic (exact) mass is 375 g/mol. The summed E-state index contributed by atoms with van der Waals surface area (Å²) in [6, 6.07) is 13.4. The second-order valence-electron chi connectivity index (χ2n) is 6.40. The number of sulfonamides is 1. The molecule has 140 valence electrons. The van der Waals surface area contributed by atoms with Gasteiger partial charge in [-0.2, -0.15) is 0 Å². The smallest absolute Gasteiger partial charge is 0.255 e. The van der Waals surface area contributed by atoms with E-state index in [4.69, 9.17) is 0 Å². The molecule has 2 N–H and O–H groups in total.